The van der Waals surface area contributed by atoms with Gasteiger partial charge in [0.2, 0.25) is 5.91 Å². The fourth-order valence-electron chi connectivity index (χ4n) is 1.32. The Morgan fingerprint density at radius 1 is 1.42 bits per heavy atom. The average Bonchev–Trinajstić information content (AvgIpc) is 2.31. The average molecular weight is 330 g/mol. The SMILES string of the molecule is CC(O)C(C)(C)NC(=O)CCOc1ccc(Br)cc1. The monoisotopic (exact) mass is 329 g/mol. The Kier molecular flexibility index (Phi) is 5.82. The molecule has 0 aromatic heterocycles. The first-order chi connectivity index (χ1) is 8.81. The molecule has 0 spiro atoms. The number of nitrogens with one attached hydrogen (secondary N) is 1. The maximum atomic E-state index is 11.7. The summed E-state index contributed by atoms with van der Waals surface area (Å²) in [6.45, 7) is 5.53. The van der Waals surface area contributed by atoms with E-state index in [-0.39, 0.29) is 12.3 Å². The lowest BCUT2D eigenvalue weighted by atomic mass is 9.99. The molecule has 0 saturated carbocycles. The van der Waals surface area contributed by atoms with Crippen LogP contribution in [0.15, 0.2) is 28.7 Å². The molecule has 106 valence electrons. The van der Waals surface area contributed by atoms with Crippen LogP contribution in [-0.2, 0) is 4.79 Å². The van der Waals surface area contributed by atoms with E-state index in [4.69, 9.17) is 4.74 Å². The lowest BCUT2D eigenvalue weighted by molar-refractivity contribution is -0.124. The van der Waals surface area contributed by atoms with Gasteiger partial charge in [0.15, 0.2) is 0 Å². The Bertz CT molecular complexity index is 415. The highest BCUT2D eigenvalue weighted by Gasteiger charge is 2.25. The van der Waals surface area contributed by atoms with Crippen molar-refractivity contribution < 1.29 is 14.6 Å². The summed E-state index contributed by atoms with van der Waals surface area (Å²) in [5.74, 6) is 0.591. The van der Waals surface area contributed by atoms with Crippen LogP contribution in [-0.4, -0.2) is 29.3 Å². The fourth-order valence-corrected chi connectivity index (χ4v) is 1.58. The van der Waals surface area contributed by atoms with Gasteiger partial charge in [-0.1, -0.05) is 15.9 Å². The van der Waals surface area contributed by atoms with Crippen molar-refractivity contribution in [3.63, 3.8) is 0 Å². The van der Waals surface area contributed by atoms with Gasteiger partial charge in [-0.3, -0.25) is 4.79 Å². The van der Waals surface area contributed by atoms with E-state index in [2.05, 4.69) is 21.2 Å². The van der Waals surface area contributed by atoms with Crippen molar-refractivity contribution in [1.29, 1.82) is 0 Å². The Labute approximate surface area is 122 Å². The Balaban J connectivity index is 2.33. The zero-order chi connectivity index (χ0) is 14.5. The third-order valence-corrected chi connectivity index (χ3v) is 3.45. The molecule has 1 rings (SSSR count). The molecule has 1 aromatic carbocycles. The van der Waals surface area contributed by atoms with Crippen LogP contribution < -0.4 is 10.1 Å². The predicted octanol–water partition coefficient (Wildman–Crippen LogP) is 2.49. The largest absolute Gasteiger partial charge is 0.493 e. The molecule has 1 atom stereocenters. The summed E-state index contributed by atoms with van der Waals surface area (Å²) in [5, 5.41) is 12.3. The molecule has 0 saturated heterocycles. The molecule has 0 bridgehead atoms. The molecular formula is C14H20BrNO3. The van der Waals surface area contributed by atoms with Crippen molar-refractivity contribution in [2.45, 2.75) is 38.8 Å². The minimum atomic E-state index is -0.630. The van der Waals surface area contributed by atoms with Crippen LogP contribution in [0.1, 0.15) is 27.2 Å². The summed E-state index contributed by atoms with van der Waals surface area (Å²) in [4.78, 5) is 11.7. The van der Waals surface area contributed by atoms with E-state index in [0.717, 1.165) is 10.2 Å². The Hall–Kier alpha value is -1.07. The highest BCUT2D eigenvalue weighted by Crippen LogP contribution is 2.16. The van der Waals surface area contributed by atoms with Crippen molar-refractivity contribution in [2.75, 3.05) is 6.61 Å². The van der Waals surface area contributed by atoms with Crippen LogP contribution in [0.5, 0.6) is 5.75 Å². The molecular weight excluding hydrogens is 310 g/mol. The lowest BCUT2D eigenvalue weighted by Gasteiger charge is -2.29. The number of carbonyl (C=O) groups excluding carboxylic acids is 1. The second-order valence-corrected chi connectivity index (χ2v) is 5.91. The molecule has 4 nitrogen and oxygen atoms in total. The van der Waals surface area contributed by atoms with Crippen molar-refractivity contribution >= 4 is 21.8 Å². The smallest absolute Gasteiger partial charge is 0.223 e. The number of halogens is 1. The van der Waals surface area contributed by atoms with E-state index in [9.17, 15) is 9.90 Å². The second-order valence-electron chi connectivity index (χ2n) is 5.00. The minimum Gasteiger partial charge on any atom is -0.493 e. The maximum Gasteiger partial charge on any atom is 0.223 e. The van der Waals surface area contributed by atoms with Crippen LogP contribution in [0.3, 0.4) is 0 Å². The summed E-state index contributed by atoms with van der Waals surface area (Å²) >= 11 is 3.34. The van der Waals surface area contributed by atoms with E-state index in [1.54, 1.807) is 20.8 Å². The Morgan fingerprint density at radius 2 is 2.00 bits per heavy atom. The number of rotatable bonds is 6. The molecule has 0 aliphatic rings. The molecule has 2 N–H and O–H groups in total. The van der Waals surface area contributed by atoms with Gasteiger partial charge in [0.25, 0.3) is 0 Å². The number of benzene rings is 1. The molecule has 0 aliphatic carbocycles. The molecule has 0 aliphatic heterocycles. The lowest BCUT2D eigenvalue weighted by Crippen LogP contribution is -2.51. The second kappa shape index (κ2) is 6.91. The molecule has 0 heterocycles. The fraction of sp³-hybridized carbons (Fsp3) is 0.500. The minimum absolute atomic E-state index is 0.136. The summed E-state index contributed by atoms with van der Waals surface area (Å²) in [7, 11) is 0. The predicted molar refractivity (Wildman–Crippen MR) is 78.2 cm³/mol. The van der Waals surface area contributed by atoms with Crippen molar-refractivity contribution in [2.24, 2.45) is 0 Å². The van der Waals surface area contributed by atoms with E-state index in [1.807, 2.05) is 24.3 Å². The van der Waals surface area contributed by atoms with Gasteiger partial charge in [-0.15, -0.1) is 0 Å². The zero-order valence-electron chi connectivity index (χ0n) is 11.4. The van der Waals surface area contributed by atoms with Crippen LogP contribution >= 0.6 is 15.9 Å². The van der Waals surface area contributed by atoms with Gasteiger partial charge in [0.05, 0.1) is 24.7 Å². The van der Waals surface area contributed by atoms with Gasteiger partial charge in [-0.25, -0.2) is 0 Å². The molecule has 5 heteroatoms. The van der Waals surface area contributed by atoms with Crippen LogP contribution in [0.4, 0.5) is 0 Å². The summed E-state index contributed by atoms with van der Waals surface area (Å²) < 4.78 is 6.45. The topological polar surface area (TPSA) is 58.6 Å². The quantitative estimate of drug-likeness (QED) is 0.843. The normalized spacial score (nSPS) is 12.9. The van der Waals surface area contributed by atoms with E-state index in [0.29, 0.717) is 6.61 Å². The standard InChI is InChI=1S/C14H20BrNO3/c1-10(17)14(2,3)16-13(18)8-9-19-12-6-4-11(15)5-7-12/h4-7,10,17H,8-9H2,1-3H3,(H,16,18). The zero-order valence-corrected chi connectivity index (χ0v) is 13.0. The van der Waals surface area contributed by atoms with Crippen LogP contribution in [0.2, 0.25) is 0 Å². The van der Waals surface area contributed by atoms with E-state index >= 15 is 0 Å². The van der Waals surface area contributed by atoms with E-state index < -0.39 is 11.6 Å². The highest BCUT2D eigenvalue weighted by molar-refractivity contribution is 9.10. The number of amides is 1. The number of hydrogen-bond acceptors (Lipinski definition) is 3. The van der Waals surface area contributed by atoms with Crippen molar-refractivity contribution in [3.05, 3.63) is 28.7 Å². The molecule has 1 amide bonds. The van der Waals surface area contributed by atoms with Crippen molar-refractivity contribution in [1.82, 2.24) is 5.32 Å². The number of carbonyl (C=O) groups is 1. The van der Waals surface area contributed by atoms with Gasteiger partial charge in [-0.05, 0) is 45.0 Å². The number of ether oxygens (including phenoxy) is 1. The Morgan fingerprint density at radius 3 is 2.53 bits per heavy atom. The summed E-state index contributed by atoms with van der Waals surface area (Å²) in [6, 6.07) is 7.43. The first-order valence-electron chi connectivity index (χ1n) is 6.19. The molecule has 1 unspecified atom stereocenters. The van der Waals surface area contributed by atoms with Gasteiger partial charge in [-0.2, -0.15) is 0 Å². The highest BCUT2D eigenvalue weighted by atomic mass is 79.9. The summed E-state index contributed by atoms with van der Waals surface area (Å²) in [6.07, 6.45) is -0.351. The summed E-state index contributed by atoms with van der Waals surface area (Å²) in [5.41, 5.74) is -0.630. The maximum absolute atomic E-state index is 11.7. The van der Waals surface area contributed by atoms with E-state index in [1.165, 1.54) is 0 Å². The number of aliphatic hydroxyl groups is 1. The third kappa shape index (κ3) is 5.61. The van der Waals surface area contributed by atoms with Crippen molar-refractivity contribution in [3.8, 4) is 5.75 Å². The van der Waals surface area contributed by atoms with Crippen LogP contribution in [0.25, 0.3) is 0 Å². The molecule has 19 heavy (non-hydrogen) atoms. The molecule has 1 aromatic rings. The molecule has 0 fully saturated rings. The van der Waals surface area contributed by atoms with Gasteiger partial charge in [0, 0.05) is 4.47 Å². The third-order valence-electron chi connectivity index (χ3n) is 2.92. The van der Waals surface area contributed by atoms with Gasteiger partial charge < -0.3 is 15.2 Å². The number of hydrogen-bond donors (Lipinski definition) is 2. The first-order valence-corrected chi connectivity index (χ1v) is 6.98. The molecule has 0 radical (unpaired) electrons. The van der Waals surface area contributed by atoms with Gasteiger partial charge in [0.1, 0.15) is 5.75 Å². The van der Waals surface area contributed by atoms with Crippen LogP contribution in [0, 0.1) is 0 Å². The number of aliphatic hydroxyl groups excluding tert-OH is 1. The van der Waals surface area contributed by atoms with Gasteiger partial charge >= 0.3 is 0 Å². The first kappa shape index (κ1) is 16.0.